The van der Waals surface area contributed by atoms with Crippen molar-refractivity contribution in [2.24, 2.45) is 0 Å². The summed E-state index contributed by atoms with van der Waals surface area (Å²) in [5.41, 5.74) is 1.91. The minimum Gasteiger partial charge on any atom is -0.454 e. The van der Waals surface area contributed by atoms with Crippen LogP contribution in [0.1, 0.15) is 37.3 Å². The summed E-state index contributed by atoms with van der Waals surface area (Å²) in [5, 5.41) is 0. The van der Waals surface area contributed by atoms with Crippen molar-refractivity contribution < 1.29 is 9.13 Å². The number of hydrogen-bond acceptors (Lipinski definition) is 1. The average Bonchev–Trinajstić information content (AvgIpc) is 2.49. The predicted octanol–water partition coefficient (Wildman–Crippen LogP) is 5.87. The molecule has 0 fully saturated rings. The van der Waals surface area contributed by atoms with Crippen LogP contribution in [0.2, 0.25) is 0 Å². The summed E-state index contributed by atoms with van der Waals surface area (Å²) in [4.78, 5) is 0. The molecular weight excluding hydrogens is 275 g/mol. The van der Waals surface area contributed by atoms with Gasteiger partial charge in [-0.1, -0.05) is 38.1 Å². The molecule has 2 aromatic rings. The Kier molecular flexibility index (Phi) is 5.02. The van der Waals surface area contributed by atoms with Gasteiger partial charge in [-0.05, 0) is 36.1 Å². The van der Waals surface area contributed by atoms with Crippen LogP contribution in [0.5, 0.6) is 11.5 Å². The van der Waals surface area contributed by atoms with Crippen molar-refractivity contribution in [3.8, 4) is 11.5 Å². The molecule has 0 aliphatic rings. The molecule has 2 aromatic carbocycles. The molecule has 1 nitrogen and oxygen atoms in total. The van der Waals surface area contributed by atoms with Crippen LogP contribution in [0.15, 0.2) is 42.5 Å². The number of alkyl halides is 1. The van der Waals surface area contributed by atoms with Crippen LogP contribution in [-0.2, 0) is 5.88 Å². The lowest BCUT2D eigenvalue weighted by Crippen LogP contribution is -1.95. The van der Waals surface area contributed by atoms with Gasteiger partial charge in [-0.15, -0.1) is 11.6 Å². The van der Waals surface area contributed by atoms with Crippen LogP contribution in [-0.4, -0.2) is 0 Å². The van der Waals surface area contributed by atoms with Gasteiger partial charge in [0.2, 0.25) is 0 Å². The lowest BCUT2D eigenvalue weighted by molar-refractivity contribution is 0.438. The fourth-order valence-corrected chi connectivity index (χ4v) is 2.20. The highest BCUT2D eigenvalue weighted by molar-refractivity contribution is 6.17. The molecule has 0 bridgehead atoms. The number of halogens is 2. The third-order valence-corrected chi connectivity index (χ3v) is 3.76. The number of hydrogen-bond donors (Lipinski definition) is 0. The summed E-state index contributed by atoms with van der Waals surface area (Å²) in [6.07, 6.45) is 1.09. The lowest BCUT2D eigenvalue weighted by Gasteiger charge is -2.12. The van der Waals surface area contributed by atoms with Gasteiger partial charge in [-0.25, -0.2) is 4.39 Å². The third kappa shape index (κ3) is 3.31. The Morgan fingerprint density at radius 2 is 1.85 bits per heavy atom. The Morgan fingerprint density at radius 3 is 2.45 bits per heavy atom. The largest absolute Gasteiger partial charge is 0.454 e. The minimum absolute atomic E-state index is 0.207. The summed E-state index contributed by atoms with van der Waals surface area (Å²) < 4.78 is 19.4. The second kappa shape index (κ2) is 6.76. The van der Waals surface area contributed by atoms with E-state index in [2.05, 4.69) is 13.8 Å². The standard InChI is InChI=1S/C17H18ClFO/c1-3-12(2)13-7-9-15(10-8-13)20-17-14(11-18)5-4-6-16(17)19/h4-10,12H,3,11H2,1-2H3. The SMILES string of the molecule is CCC(C)c1ccc(Oc2c(F)cccc2CCl)cc1. The molecule has 0 spiro atoms. The molecule has 0 saturated carbocycles. The maximum Gasteiger partial charge on any atom is 0.167 e. The molecule has 0 saturated heterocycles. The zero-order valence-corrected chi connectivity index (χ0v) is 12.5. The van der Waals surface area contributed by atoms with Gasteiger partial charge in [0.1, 0.15) is 5.75 Å². The first-order chi connectivity index (χ1) is 9.65. The quantitative estimate of drug-likeness (QED) is 0.626. The van der Waals surface area contributed by atoms with Gasteiger partial charge in [-0.3, -0.25) is 0 Å². The van der Waals surface area contributed by atoms with E-state index in [-0.39, 0.29) is 11.6 Å². The van der Waals surface area contributed by atoms with Gasteiger partial charge >= 0.3 is 0 Å². The van der Waals surface area contributed by atoms with Crippen molar-refractivity contribution in [3.63, 3.8) is 0 Å². The molecule has 1 unspecified atom stereocenters. The first-order valence-corrected chi connectivity index (χ1v) is 7.30. The van der Waals surface area contributed by atoms with Gasteiger partial charge in [-0.2, -0.15) is 0 Å². The molecule has 0 aliphatic heterocycles. The van der Waals surface area contributed by atoms with E-state index in [0.717, 1.165) is 6.42 Å². The molecule has 1 atom stereocenters. The summed E-state index contributed by atoms with van der Waals surface area (Å²) >= 11 is 5.81. The van der Waals surface area contributed by atoms with E-state index in [1.54, 1.807) is 12.1 Å². The van der Waals surface area contributed by atoms with E-state index in [1.165, 1.54) is 11.6 Å². The molecule has 0 aromatic heterocycles. The lowest BCUT2D eigenvalue weighted by atomic mass is 9.99. The van der Waals surface area contributed by atoms with Crippen molar-refractivity contribution in [2.45, 2.75) is 32.1 Å². The van der Waals surface area contributed by atoms with Crippen LogP contribution in [0.25, 0.3) is 0 Å². The summed E-state index contributed by atoms with van der Waals surface area (Å²) in [5.74, 6) is 1.16. The average molecular weight is 293 g/mol. The van der Waals surface area contributed by atoms with Crippen molar-refractivity contribution in [1.29, 1.82) is 0 Å². The summed E-state index contributed by atoms with van der Waals surface area (Å²) in [6, 6.07) is 12.5. The molecule has 0 amide bonds. The van der Waals surface area contributed by atoms with Crippen molar-refractivity contribution in [3.05, 3.63) is 59.4 Å². The number of para-hydroxylation sites is 1. The molecule has 0 N–H and O–H groups in total. The van der Waals surface area contributed by atoms with Crippen molar-refractivity contribution >= 4 is 11.6 Å². The maximum atomic E-state index is 13.8. The van der Waals surface area contributed by atoms with E-state index >= 15 is 0 Å². The van der Waals surface area contributed by atoms with E-state index in [1.807, 2.05) is 24.3 Å². The van der Waals surface area contributed by atoms with Crippen LogP contribution in [0, 0.1) is 5.82 Å². The first kappa shape index (κ1) is 14.9. The fraction of sp³-hybridized carbons (Fsp3) is 0.294. The van der Waals surface area contributed by atoms with Gasteiger partial charge in [0.05, 0.1) is 5.88 Å². The molecule has 20 heavy (non-hydrogen) atoms. The van der Waals surface area contributed by atoms with Crippen molar-refractivity contribution in [2.75, 3.05) is 0 Å². The number of rotatable bonds is 5. The molecule has 2 rings (SSSR count). The molecule has 106 valence electrons. The molecule has 0 aliphatic carbocycles. The second-order valence-corrected chi connectivity index (χ2v) is 5.11. The highest BCUT2D eigenvalue weighted by atomic mass is 35.5. The van der Waals surface area contributed by atoms with Crippen LogP contribution < -0.4 is 4.74 Å². The zero-order valence-electron chi connectivity index (χ0n) is 11.7. The highest BCUT2D eigenvalue weighted by Gasteiger charge is 2.10. The molecule has 0 heterocycles. The normalized spacial score (nSPS) is 12.2. The topological polar surface area (TPSA) is 9.23 Å². The predicted molar refractivity (Wildman–Crippen MR) is 81.2 cm³/mol. The van der Waals surface area contributed by atoms with E-state index in [4.69, 9.17) is 16.3 Å². The van der Waals surface area contributed by atoms with Gasteiger partial charge in [0.25, 0.3) is 0 Å². The summed E-state index contributed by atoms with van der Waals surface area (Å²) in [7, 11) is 0. The fourth-order valence-electron chi connectivity index (χ4n) is 1.99. The van der Waals surface area contributed by atoms with E-state index in [9.17, 15) is 4.39 Å². The molecular formula is C17H18ClFO. The van der Waals surface area contributed by atoms with Gasteiger partial charge in [0.15, 0.2) is 11.6 Å². The third-order valence-electron chi connectivity index (χ3n) is 3.47. The Hall–Kier alpha value is -1.54. The first-order valence-electron chi connectivity index (χ1n) is 6.76. The monoisotopic (exact) mass is 292 g/mol. The minimum atomic E-state index is -0.394. The van der Waals surface area contributed by atoms with Crippen LogP contribution in [0.4, 0.5) is 4.39 Å². The summed E-state index contributed by atoms with van der Waals surface area (Å²) in [6.45, 7) is 4.33. The highest BCUT2D eigenvalue weighted by Crippen LogP contribution is 2.30. The Labute approximate surface area is 124 Å². The van der Waals surface area contributed by atoms with Gasteiger partial charge < -0.3 is 4.74 Å². The van der Waals surface area contributed by atoms with Crippen molar-refractivity contribution in [1.82, 2.24) is 0 Å². The number of ether oxygens (including phenoxy) is 1. The molecule has 3 heteroatoms. The maximum absolute atomic E-state index is 13.8. The zero-order chi connectivity index (χ0) is 14.5. The Bertz CT molecular complexity index is 566. The Balaban J connectivity index is 2.22. The van der Waals surface area contributed by atoms with Gasteiger partial charge in [0, 0.05) is 5.56 Å². The smallest absolute Gasteiger partial charge is 0.167 e. The van der Waals surface area contributed by atoms with E-state index < -0.39 is 5.82 Å². The molecule has 0 radical (unpaired) electrons. The number of benzene rings is 2. The van der Waals surface area contributed by atoms with E-state index in [0.29, 0.717) is 17.2 Å². The van der Waals surface area contributed by atoms with Crippen LogP contribution >= 0.6 is 11.6 Å². The van der Waals surface area contributed by atoms with Crippen LogP contribution in [0.3, 0.4) is 0 Å². The second-order valence-electron chi connectivity index (χ2n) is 4.84. The Morgan fingerprint density at radius 1 is 1.15 bits per heavy atom.